The standard InChI is InChI=1S/C12H23N3O/c1-9(2)14-4-3-10(6-14)7-15-8-11(13)5-12(15)16/h9-11H,3-8,13H2,1-2H3. The summed E-state index contributed by atoms with van der Waals surface area (Å²) in [6.07, 6.45) is 1.76. The summed E-state index contributed by atoms with van der Waals surface area (Å²) in [6.45, 7) is 8.46. The smallest absolute Gasteiger partial charge is 0.224 e. The van der Waals surface area contributed by atoms with Crippen LogP contribution in [0.4, 0.5) is 0 Å². The number of carbonyl (C=O) groups excluding carboxylic acids is 1. The van der Waals surface area contributed by atoms with E-state index in [0.29, 0.717) is 18.4 Å². The first-order chi connectivity index (χ1) is 7.56. The van der Waals surface area contributed by atoms with Crippen molar-refractivity contribution in [3.63, 3.8) is 0 Å². The van der Waals surface area contributed by atoms with Crippen molar-refractivity contribution in [2.75, 3.05) is 26.2 Å². The van der Waals surface area contributed by atoms with Crippen LogP contribution in [0.2, 0.25) is 0 Å². The minimum Gasteiger partial charge on any atom is -0.341 e. The fourth-order valence-corrected chi connectivity index (χ4v) is 2.77. The number of rotatable bonds is 3. The lowest BCUT2D eigenvalue weighted by molar-refractivity contribution is -0.128. The monoisotopic (exact) mass is 225 g/mol. The van der Waals surface area contributed by atoms with E-state index >= 15 is 0 Å². The average Bonchev–Trinajstić information content (AvgIpc) is 2.75. The average molecular weight is 225 g/mol. The first-order valence-electron chi connectivity index (χ1n) is 6.33. The predicted octanol–water partition coefficient (Wildman–Crippen LogP) is 0.276. The van der Waals surface area contributed by atoms with E-state index in [1.54, 1.807) is 0 Å². The van der Waals surface area contributed by atoms with Gasteiger partial charge in [-0.15, -0.1) is 0 Å². The van der Waals surface area contributed by atoms with Crippen LogP contribution in [0, 0.1) is 5.92 Å². The van der Waals surface area contributed by atoms with Crippen molar-refractivity contribution in [3.8, 4) is 0 Å². The molecule has 4 heteroatoms. The molecule has 2 aliphatic rings. The summed E-state index contributed by atoms with van der Waals surface area (Å²) in [7, 11) is 0. The molecule has 0 spiro atoms. The van der Waals surface area contributed by atoms with Crippen LogP contribution >= 0.6 is 0 Å². The highest BCUT2D eigenvalue weighted by atomic mass is 16.2. The van der Waals surface area contributed by atoms with Gasteiger partial charge in [0.15, 0.2) is 0 Å². The van der Waals surface area contributed by atoms with Crippen molar-refractivity contribution in [3.05, 3.63) is 0 Å². The predicted molar refractivity (Wildman–Crippen MR) is 64.0 cm³/mol. The molecule has 0 aliphatic carbocycles. The molecule has 92 valence electrons. The highest BCUT2D eigenvalue weighted by Gasteiger charge is 2.31. The van der Waals surface area contributed by atoms with E-state index in [2.05, 4.69) is 18.7 Å². The zero-order valence-electron chi connectivity index (χ0n) is 10.4. The number of hydrogen-bond acceptors (Lipinski definition) is 3. The van der Waals surface area contributed by atoms with E-state index in [-0.39, 0.29) is 11.9 Å². The second kappa shape index (κ2) is 4.72. The molecule has 0 saturated carbocycles. The SMILES string of the molecule is CC(C)N1CCC(CN2CC(N)CC2=O)C1. The Morgan fingerprint density at radius 2 is 2.19 bits per heavy atom. The minimum absolute atomic E-state index is 0.0649. The number of nitrogens with two attached hydrogens (primary N) is 1. The van der Waals surface area contributed by atoms with Gasteiger partial charge < -0.3 is 15.5 Å². The van der Waals surface area contributed by atoms with Crippen molar-refractivity contribution >= 4 is 5.91 Å². The quantitative estimate of drug-likeness (QED) is 0.750. The molecule has 4 nitrogen and oxygen atoms in total. The van der Waals surface area contributed by atoms with Gasteiger partial charge in [-0.25, -0.2) is 0 Å². The first kappa shape index (κ1) is 11.9. The van der Waals surface area contributed by atoms with Gasteiger partial charge in [0.25, 0.3) is 0 Å². The van der Waals surface area contributed by atoms with Crippen LogP contribution in [0.3, 0.4) is 0 Å². The maximum atomic E-state index is 11.6. The molecule has 1 amide bonds. The summed E-state index contributed by atoms with van der Waals surface area (Å²) in [5, 5.41) is 0. The number of carbonyl (C=O) groups is 1. The van der Waals surface area contributed by atoms with Crippen molar-refractivity contribution < 1.29 is 4.79 Å². The topological polar surface area (TPSA) is 49.6 Å². The second-order valence-corrected chi connectivity index (χ2v) is 5.51. The van der Waals surface area contributed by atoms with Crippen molar-refractivity contribution in [1.29, 1.82) is 0 Å². The Hall–Kier alpha value is -0.610. The molecule has 2 saturated heterocycles. The van der Waals surface area contributed by atoms with E-state index in [4.69, 9.17) is 5.73 Å². The van der Waals surface area contributed by atoms with Gasteiger partial charge in [-0.3, -0.25) is 4.79 Å². The molecular formula is C12H23N3O. The lowest BCUT2D eigenvalue weighted by Gasteiger charge is -2.23. The minimum atomic E-state index is 0.0649. The molecule has 2 N–H and O–H groups in total. The number of hydrogen-bond donors (Lipinski definition) is 1. The van der Waals surface area contributed by atoms with Crippen molar-refractivity contribution in [1.82, 2.24) is 9.80 Å². The van der Waals surface area contributed by atoms with E-state index in [9.17, 15) is 4.79 Å². The Balaban J connectivity index is 1.81. The highest BCUT2D eigenvalue weighted by Crippen LogP contribution is 2.21. The highest BCUT2D eigenvalue weighted by molar-refractivity contribution is 5.79. The Morgan fingerprint density at radius 3 is 2.69 bits per heavy atom. The van der Waals surface area contributed by atoms with Crippen LogP contribution < -0.4 is 5.73 Å². The van der Waals surface area contributed by atoms with Gasteiger partial charge in [-0.1, -0.05) is 0 Å². The van der Waals surface area contributed by atoms with Crippen molar-refractivity contribution in [2.45, 2.75) is 38.8 Å². The Bertz CT molecular complexity index is 267. The van der Waals surface area contributed by atoms with E-state index in [0.717, 1.165) is 19.6 Å². The van der Waals surface area contributed by atoms with Gasteiger partial charge in [0, 0.05) is 38.1 Å². The molecule has 0 aromatic carbocycles. The number of nitrogens with zero attached hydrogens (tertiary/aromatic N) is 2. The van der Waals surface area contributed by atoms with Crippen LogP contribution in [0.5, 0.6) is 0 Å². The third kappa shape index (κ3) is 2.55. The Kier molecular flexibility index (Phi) is 3.50. The summed E-state index contributed by atoms with van der Waals surface area (Å²) >= 11 is 0. The zero-order valence-corrected chi connectivity index (χ0v) is 10.4. The normalized spacial score (nSPS) is 32.0. The second-order valence-electron chi connectivity index (χ2n) is 5.51. The van der Waals surface area contributed by atoms with Gasteiger partial charge in [-0.2, -0.15) is 0 Å². The van der Waals surface area contributed by atoms with Crippen LogP contribution in [0.15, 0.2) is 0 Å². The summed E-state index contributed by atoms with van der Waals surface area (Å²) in [5.74, 6) is 0.896. The molecule has 0 aromatic rings. The lowest BCUT2D eigenvalue weighted by Crippen LogP contribution is -2.35. The van der Waals surface area contributed by atoms with Crippen LogP contribution in [-0.4, -0.2) is 54.0 Å². The molecule has 0 aromatic heterocycles. The molecule has 2 fully saturated rings. The van der Waals surface area contributed by atoms with Crippen LogP contribution in [-0.2, 0) is 4.79 Å². The molecule has 16 heavy (non-hydrogen) atoms. The number of likely N-dealkylation sites (tertiary alicyclic amines) is 2. The third-order valence-electron chi connectivity index (χ3n) is 3.77. The van der Waals surface area contributed by atoms with Crippen LogP contribution in [0.1, 0.15) is 26.7 Å². The zero-order chi connectivity index (χ0) is 11.7. The molecule has 0 radical (unpaired) electrons. The van der Waals surface area contributed by atoms with Gasteiger partial charge in [0.1, 0.15) is 0 Å². The van der Waals surface area contributed by atoms with Crippen molar-refractivity contribution in [2.24, 2.45) is 11.7 Å². The van der Waals surface area contributed by atoms with Gasteiger partial charge in [0.05, 0.1) is 0 Å². The number of amides is 1. The lowest BCUT2D eigenvalue weighted by atomic mass is 10.1. The fraction of sp³-hybridized carbons (Fsp3) is 0.917. The molecule has 2 atom stereocenters. The maximum absolute atomic E-state index is 11.6. The van der Waals surface area contributed by atoms with Crippen LogP contribution in [0.25, 0.3) is 0 Å². The first-order valence-corrected chi connectivity index (χ1v) is 6.33. The van der Waals surface area contributed by atoms with E-state index < -0.39 is 0 Å². The Labute approximate surface area is 97.8 Å². The van der Waals surface area contributed by atoms with E-state index in [1.807, 2.05) is 4.90 Å². The largest absolute Gasteiger partial charge is 0.341 e. The Morgan fingerprint density at radius 1 is 1.44 bits per heavy atom. The molecule has 0 bridgehead atoms. The van der Waals surface area contributed by atoms with Gasteiger partial charge in [-0.05, 0) is 32.7 Å². The molecule has 2 rings (SSSR count). The maximum Gasteiger partial charge on any atom is 0.224 e. The summed E-state index contributed by atoms with van der Waals surface area (Å²) in [6, 6.07) is 0.691. The third-order valence-corrected chi connectivity index (χ3v) is 3.77. The fourth-order valence-electron chi connectivity index (χ4n) is 2.77. The molecule has 2 unspecified atom stereocenters. The molecule has 2 heterocycles. The van der Waals surface area contributed by atoms with Gasteiger partial charge in [0.2, 0.25) is 5.91 Å². The van der Waals surface area contributed by atoms with Gasteiger partial charge >= 0.3 is 0 Å². The summed E-state index contributed by atoms with van der Waals surface area (Å²) < 4.78 is 0. The molecular weight excluding hydrogens is 202 g/mol. The summed E-state index contributed by atoms with van der Waals surface area (Å²) in [5.41, 5.74) is 5.79. The summed E-state index contributed by atoms with van der Waals surface area (Å²) in [4.78, 5) is 16.1. The van der Waals surface area contributed by atoms with E-state index in [1.165, 1.54) is 13.0 Å². The molecule has 2 aliphatic heterocycles.